The Labute approximate surface area is 184 Å². The van der Waals surface area contributed by atoms with Gasteiger partial charge in [-0.25, -0.2) is 4.79 Å². The fraction of sp³-hybridized carbons (Fsp3) is 0.385. The van der Waals surface area contributed by atoms with Crippen molar-refractivity contribution in [3.8, 4) is 0 Å². The summed E-state index contributed by atoms with van der Waals surface area (Å²) in [7, 11) is 0. The van der Waals surface area contributed by atoms with Gasteiger partial charge in [-0.3, -0.25) is 4.79 Å². The summed E-state index contributed by atoms with van der Waals surface area (Å²) < 4.78 is 11.1. The monoisotopic (exact) mass is 421 g/mol. The van der Waals surface area contributed by atoms with E-state index in [-0.39, 0.29) is 17.9 Å². The van der Waals surface area contributed by atoms with E-state index in [1.165, 1.54) is 0 Å². The lowest BCUT2D eigenvalue weighted by atomic mass is 9.94. The minimum Gasteiger partial charge on any atom is -0.460 e. The molecule has 164 valence electrons. The first kappa shape index (κ1) is 22.6. The van der Waals surface area contributed by atoms with Crippen molar-refractivity contribution in [3.05, 3.63) is 77.9 Å². The molecule has 1 aliphatic rings. The predicted molar refractivity (Wildman–Crippen MR) is 121 cm³/mol. The number of alkyl carbamates (subject to hydrolysis) is 1. The molecule has 0 radical (unpaired) electrons. The zero-order valence-electron chi connectivity index (χ0n) is 18.4. The van der Waals surface area contributed by atoms with Crippen LogP contribution in [0, 0.1) is 5.92 Å². The van der Waals surface area contributed by atoms with Crippen molar-refractivity contribution in [2.75, 3.05) is 0 Å². The average Bonchev–Trinajstić information content (AvgIpc) is 3.08. The molecule has 0 spiro atoms. The molecule has 31 heavy (non-hydrogen) atoms. The van der Waals surface area contributed by atoms with Gasteiger partial charge < -0.3 is 14.8 Å². The third-order valence-electron chi connectivity index (χ3n) is 5.10. The second-order valence-electron chi connectivity index (χ2n) is 8.90. The third kappa shape index (κ3) is 7.28. The first-order chi connectivity index (χ1) is 14.8. The molecular weight excluding hydrogens is 390 g/mol. The van der Waals surface area contributed by atoms with Gasteiger partial charge in [-0.1, -0.05) is 72.8 Å². The van der Waals surface area contributed by atoms with Crippen LogP contribution in [0.25, 0.3) is 6.08 Å². The predicted octanol–water partition coefficient (Wildman–Crippen LogP) is 5.16. The van der Waals surface area contributed by atoms with Crippen LogP contribution in [0.5, 0.6) is 0 Å². The number of rotatable bonds is 7. The van der Waals surface area contributed by atoms with E-state index >= 15 is 0 Å². The molecule has 3 atom stereocenters. The number of amides is 1. The van der Waals surface area contributed by atoms with Crippen molar-refractivity contribution < 1.29 is 19.1 Å². The van der Waals surface area contributed by atoms with Gasteiger partial charge in [0.2, 0.25) is 0 Å². The van der Waals surface area contributed by atoms with Crippen LogP contribution in [0.2, 0.25) is 0 Å². The molecule has 2 aromatic rings. The Bertz CT molecular complexity index is 887. The maximum atomic E-state index is 12.5. The van der Waals surface area contributed by atoms with Gasteiger partial charge in [0.15, 0.2) is 0 Å². The quantitative estimate of drug-likeness (QED) is 0.628. The zero-order chi connectivity index (χ0) is 22.3. The fourth-order valence-electron chi connectivity index (χ4n) is 3.64. The maximum absolute atomic E-state index is 12.5. The molecule has 1 heterocycles. The Balaban J connectivity index is 1.65. The first-order valence-electron chi connectivity index (χ1n) is 10.8. The number of allylic oxidation sites excluding steroid dienone is 1. The smallest absolute Gasteiger partial charge is 0.408 e. The Kier molecular flexibility index (Phi) is 7.50. The summed E-state index contributed by atoms with van der Waals surface area (Å²) in [6, 6.07) is 19.5. The van der Waals surface area contributed by atoms with Gasteiger partial charge in [-0.2, -0.15) is 0 Å². The first-order valence-corrected chi connectivity index (χ1v) is 10.8. The zero-order valence-corrected chi connectivity index (χ0v) is 18.4. The number of carbonyl (C=O) groups is 2. The van der Waals surface area contributed by atoms with Gasteiger partial charge in [0.05, 0.1) is 12.0 Å². The van der Waals surface area contributed by atoms with E-state index in [1.807, 2.05) is 93.6 Å². The van der Waals surface area contributed by atoms with Crippen LogP contribution in [0.3, 0.4) is 0 Å². The number of ether oxygens (including phenoxy) is 2. The maximum Gasteiger partial charge on any atom is 0.408 e. The topological polar surface area (TPSA) is 64.6 Å². The highest BCUT2D eigenvalue weighted by Crippen LogP contribution is 2.28. The Hall–Kier alpha value is -3.08. The SMILES string of the molecule is CC(C)(C)OC(=O)N[C@@H](Cc1ccccc1)[C@@H]1C[C@@H](CC=Cc2ccccc2)C(=O)O1. The van der Waals surface area contributed by atoms with E-state index in [0.717, 1.165) is 11.1 Å². The Morgan fingerprint density at radius 2 is 1.77 bits per heavy atom. The van der Waals surface area contributed by atoms with Gasteiger partial charge in [0, 0.05) is 0 Å². The standard InChI is InChI=1S/C26H31NO4/c1-26(2,3)31-25(29)27-22(17-20-13-8-5-9-14-20)23-18-21(24(28)30-23)16-10-15-19-11-6-4-7-12-19/h4-15,21-23H,16-18H2,1-3H3,(H,27,29)/t21-,22+,23+/m1/s1. The Morgan fingerprint density at radius 3 is 2.42 bits per heavy atom. The molecule has 3 rings (SSSR count). The lowest BCUT2D eigenvalue weighted by molar-refractivity contribution is -0.145. The molecule has 0 bridgehead atoms. The molecule has 0 aromatic heterocycles. The summed E-state index contributed by atoms with van der Waals surface area (Å²) in [5.74, 6) is -0.435. The highest BCUT2D eigenvalue weighted by Gasteiger charge is 2.39. The van der Waals surface area contributed by atoms with Crippen LogP contribution in [-0.2, 0) is 20.7 Å². The molecule has 1 fully saturated rings. The number of cyclic esters (lactones) is 1. The van der Waals surface area contributed by atoms with E-state index in [1.54, 1.807) is 0 Å². The lowest BCUT2D eigenvalue weighted by Crippen LogP contribution is -2.46. The molecule has 5 heteroatoms. The molecule has 0 unspecified atom stereocenters. The van der Waals surface area contributed by atoms with Gasteiger partial charge in [-0.15, -0.1) is 0 Å². The van der Waals surface area contributed by atoms with E-state index in [0.29, 0.717) is 19.3 Å². The molecule has 1 saturated heterocycles. The molecule has 1 amide bonds. The van der Waals surface area contributed by atoms with Crippen LogP contribution in [0.1, 0.15) is 44.7 Å². The summed E-state index contributed by atoms with van der Waals surface area (Å²) in [6.45, 7) is 5.47. The highest BCUT2D eigenvalue weighted by molar-refractivity contribution is 5.75. The molecule has 0 saturated carbocycles. The number of esters is 1. The van der Waals surface area contributed by atoms with Gasteiger partial charge in [0.25, 0.3) is 0 Å². The van der Waals surface area contributed by atoms with Crippen molar-refractivity contribution in [1.82, 2.24) is 5.32 Å². The van der Waals surface area contributed by atoms with Crippen molar-refractivity contribution >= 4 is 18.1 Å². The van der Waals surface area contributed by atoms with Gasteiger partial charge >= 0.3 is 12.1 Å². The molecule has 0 aliphatic carbocycles. The van der Waals surface area contributed by atoms with E-state index < -0.39 is 17.8 Å². The number of hydrogen-bond donors (Lipinski definition) is 1. The summed E-state index contributed by atoms with van der Waals surface area (Å²) >= 11 is 0. The average molecular weight is 422 g/mol. The molecular formula is C26H31NO4. The minimum atomic E-state index is -0.599. The van der Waals surface area contributed by atoms with Crippen LogP contribution in [0.15, 0.2) is 66.7 Å². The second kappa shape index (κ2) is 10.3. The second-order valence-corrected chi connectivity index (χ2v) is 8.90. The number of benzene rings is 2. The summed E-state index contributed by atoms with van der Waals surface area (Å²) in [5.41, 5.74) is 1.56. The summed E-state index contributed by atoms with van der Waals surface area (Å²) in [4.78, 5) is 24.9. The van der Waals surface area contributed by atoms with Crippen molar-refractivity contribution in [2.45, 2.75) is 57.8 Å². The molecule has 5 nitrogen and oxygen atoms in total. The van der Waals surface area contributed by atoms with Crippen molar-refractivity contribution in [3.63, 3.8) is 0 Å². The molecule has 1 N–H and O–H groups in total. The van der Waals surface area contributed by atoms with Crippen molar-refractivity contribution in [1.29, 1.82) is 0 Å². The van der Waals surface area contributed by atoms with Crippen LogP contribution in [-0.4, -0.2) is 29.8 Å². The fourth-order valence-corrected chi connectivity index (χ4v) is 3.64. The number of hydrogen-bond acceptors (Lipinski definition) is 4. The van der Waals surface area contributed by atoms with Gasteiger partial charge in [0.1, 0.15) is 11.7 Å². The normalized spacial score (nSPS) is 19.8. The summed E-state index contributed by atoms with van der Waals surface area (Å²) in [6.07, 6.45) is 4.86. The van der Waals surface area contributed by atoms with Crippen LogP contribution < -0.4 is 5.32 Å². The van der Waals surface area contributed by atoms with E-state index in [9.17, 15) is 9.59 Å². The third-order valence-corrected chi connectivity index (χ3v) is 5.10. The lowest BCUT2D eigenvalue weighted by Gasteiger charge is -2.26. The highest BCUT2D eigenvalue weighted by atomic mass is 16.6. The van der Waals surface area contributed by atoms with E-state index in [2.05, 4.69) is 5.32 Å². The molecule has 2 aromatic carbocycles. The van der Waals surface area contributed by atoms with Crippen molar-refractivity contribution in [2.24, 2.45) is 5.92 Å². The van der Waals surface area contributed by atoms with E-state index in [4.69, 9.17) is 9.47 Å². The van der Waals surface area contributed by atoms with Crippen LogP contribution in [0.4, 0.5) is 4.79 Å². The molecule has 1 aliphatic heterocycles. The van der Waals surface area contributed by atoms with Crippen LogP contribution >= 0.6 is 0 Å². The minimum absolute atomic E-state index is 0.216. The summed E-state index contributed by atoms with van der Waals surface area (Å²) in [5, 5.41) is 2.93. The van der Waals surface area contributed by atoms with Gasteiger partial charge in [-0.05, 0) is 51.2 Å². The Morgan fingerprint density at radius 1 is 1.13 bits per heavy atom. The number of carbonyl (C=O) groups excluding carboxylic acids is 2. The largest absolute Gasteiger partial charge is 0.460 e. The number of nitrogens with one attached hydrogen (secondary N) is 1.